The summed E-state index contributed by atoms with van der Waals surface area (Å²) >= 11 is 0. The predicted octanol–water partition coefficient (Wildman–Crippen LogP) is 3.64. The Hall–Kier alpha value is -2.17. The van der Waals surface area contributed by atoms with Crippen molar-refractivity contribution < 1.29 is 13.9 Å². The summed E-state index contributed by atoms with van der Waals surface area (Å²) in [5.41, 5.74) is 0.341. The highest BCUT2D eigenvalue weighted by Gasteiger charge is 2.26. The Labute approximate surface area is 129 Å². The van der Waals surface area contributed by atoms with Crippen molar-refractivity contribution in [2.24, 2.45) is 11.8 Å². The summed E-state index contributed by atoms with van der Waals surface area (Å²) in [6, 6.07) is 6.36. The maximum Gasteiger partial charge on any atom is 0.176 e. The number of hydrogen-bond donors (Lipinski definition) is 0. The lowest BCUT2D eigenvalue weighted by Crippen LogP contribution is -2.35. The number of hydrogen-bond acceptors (Lipinski definition) is 3. The van der Waals surface area contributed by atoms with Crippen molar-refractivity contribution in [1.82, 2.24) is 9.78 Å². The summed E-state index contributed by atoms with van der Waals surface area (Å²) < 4.78 is 20.9. The van der Waals surface area contributed by atoms with E-state index in [0.717, 1.165) is 0 Å². The molecular weight excluding hydrogens is 283 g/mol. The van der Waals surface area contributed by atoms with Gasteiger partial charge in [-0.05, 0) is 18.1 Å². The second-order valence-corrected chi connectivity index (χ2v) is 5.91. The largest absolute Gasteiger partial charge is 0.479 e. The van der Waals surface area contributed by atoms with Crippen LogP contribution in [0, 0.1) is 17.7 Å². The van der Waals surface area contributed by atoms with Crippen molar-refractivity contribution in [3.8, 4) is 11.4 Å². The van der Waals surface area contributed by atoms with Crippen LogP contribution in [0.4, 0.5) is 4.39 Å². The minimum Gasteiger partial charge on any atom is -0.479 e. The summed E-state index contributed by atoms with van der Waals surface area (Å²) in [6.07, 6.45) is 2.55. The van der Waals surface area contributed by atoms with Gasteiger partial charge in [0.2, 0.25) is 0 Å². The number of carbonyl (C=O) groups excluding carboxylic acids is 1. The van der Waals surface area contributed by atoms with E-state index in [4.69, 9.17) is 4.74 Å². The van der Waals surface area contributed by atoms with Crippen molar-refractivity contribution in [3.05, 3.63) is 42.5 Å². The zero-order valence-corrected chi connectivity index (χ0v) is 13.3. The third-order valence-corrected chi connectivity index (χ3v) is 3.38. The van der Waals surface area contributed by atoms with E-state index >= 15 is 0 Å². The molecule has 0 aliphatic carbocycles. The molecular formula is C17H21FN2O2. The van der Waals surface area contributed by atoms with Gasteiger partial charge < -0.3 is 4.74 Å². The number of carbonyl (C=O) groups is 1. The van der Waals surface area contributed by atoms with Crippen molar-refractivity contribution in [2.75, 3.05) is 0 Å². The van der Waals surface area contributed by atoms with E-state index in [1.54, 1.807) is 24.4 Å². The number of rotatable bonds is 6. The van der Waals surface area contributed by atoms with E-state index in [-0.39, 0.29) is 23.4 Å². The van der Waals surface area contributed by atoms with Gasteiger partial charge in [-0.25, -0.2) is 9.07 Å². The van der Waals surface area contributed by atoms with Gasteiger partial charge in [0.05, 0.1) is 12.4 Å². The fraction of sp³-hybridized carbons (Fsp3) is 0.412. The van der Waals surface area contributed by atoms with Gasteiger partial charge in [-0.1, -0.05) is 39.8 Å². The minimum atomic E-state index is -0.529. The number of ether oxygens (including phenoxy) is 1. The Bertz CT molecular complexity index is 650. The fourth-order valence-corrected chi connectivity index (χ4v) is 2.13. The van der Waals surface area contributed by atoms with E-state index in [9.17, 15) is 9.18 Å². The number of aromatic nitrogens is 2. The molecule has 0 radical (unpaired) electrons. The summed E-state index contributed by atoms with van der Waals surface area (Å²) in [6.45, 7) is 7.58. The molecule has 0 fully saturated rings. The first-order valence-corrected chi connectivity index (χ1v) is 7.40. The van der Waals surface area contributed by atoms with E-state index in [1.807, 2.05) is 27.7 Å². The van der Waals surface area contributed by atoms with Gasteiger partial charge in [0.15, 0.2) is 17.6 Å². The van der Waals surface area contributed by atoms with Crippen molar-refractivity contribution in [3.63, 3.8) is 0 Å². The Morgan fingerprint density at radius 3 is 2.50 bits per heavy atom. The molecule has 118 valence electrons. The molecule has 2 aromatic rings. The van der Waals surface area contributed by atoms with Crippen LogP contribution in [0.1, 0.15) is 27.7 Å². The Kier molecular flexibility index (Phi) is 4.96. The van der Waals surface area contributed by atoms with Crippen LogP contribution in [0.5, 0.6) is 5.75 Å². The average molecular weight is 304 g/mol. The molecule has 0 aliphatic rings. The quantitative estimate of drug-likeness (QED) is 0.818. The summed E-state index contributed by atoms with van der Waals surface area (Å²) in [4.78, 5) is 12.2. The smallest absolute Gasteiger partial charge is 0.176 e. The highest BCUT2D eigenvalue weighted by Crippen LogP contribution is 2.21. The molecule has 0 spiro atoms. The molecule has 2 rings (SSSR count). The van der Waals surface area contributed by atoms with Gasteiger partial charge in [0.25, 0.3) is 0 Å². The second-order valence-electron chi connectivity index (χ2n) is 5.91. The molecule has 5 heteroatoms. The van der Waals surface area contributed by atoms with Gasteiger partial charge >= 0.3 is 0 Å². The normalized spacial score (nSPS) is 12.7. The lowest BCUT2D eigenvalue weighted by Gasteiger charge is -2.22. The van der Waals surface area contributed by atoms with Crippen LogP contribution in [0.2, 0.25) is 0 Å². The Balaban J connectivity index is 2.21. The lowest BCUT2D eigenvalue weighted by atomic mass is 9.95. The van der Waals surface area contributed by atoms with Crippen molar-refractivity contribution in [2.45, 2.75) is 33.8 Å². The summed E-state index contributed by atoms with van der Waals surface area (Å²) in [5, 5.41) is 4.10. The number of benzene rings is 1. The molecule has 1 aromatic heterocycles. The Morgan fingerprint density at radius 2 is 1.91 bits per heavy atom. The molecule has 0 amide bonds. The highest BCUT2D eigenvalue weighted by atomic mass is 19.1. The first kappa shape index (κ1) is 16.2. The number of para-hydroxylation sites is 1. The first-order valence-electron chi connectivity index (χ1n) is 7.40. The number of nitrogens with zero attached hydrogens (tertiary/aromatic N) is 2. The molecule has 1 atom stereocenters. The summed E-state index contributed by atoms with van der Waals surface area (Å²) in [5.74, 6) is 0.0844. The van der Waals surface area contributed by atoms with Crippen LogP contribution in [0.25, 0.3) is 5.69 Å². The van der Waals surface area contributed by atoms with E-state index < -0.39 is 6.10 Å². The van der Waals surface area contributed by atoms with Gasteiger partial charge in [-0.3, -0.25) is 4.79 Å². The maximum atomic E-state index is 13.8. The maximum absolute atomic E-state index is 13.8. The first-order chi connectivity index (χ1) is 10.4. The zero-order chi connectivity index (χ0) is 16.3. The predicted molar refractivity (Wildman–Crippen MR) is 82.6 cm³/mol. The number of Topliss-reactive ketones (excluding diaryl/α,β-unsaturated/α-hetero) is 1. The van der Waals surface area contributed by atoms with E-state index in [1.165, 1.54) is 16.9 Å². The van der Waals surface area contributed by atoms with Gasteiger partial charge in [-0.2, -0.15) is 5.10 Å². The van der Waals surface area contributed by atoms with E-state index in [2.05, 4.69) is 5.10 Å². The van der Waals surface area contributed by atoms with Crippen LogP contribution in [-0.2, 0) is 4.79 Å². The third-order valence-electron chi connectivity index (χ3n) is 3.38. The molecule has 0 saturated carbocycles. The minimum absolute atomic E-state index is 0.0479. The van der Waals surface area contributed by atoms with Gasteiger partial charge in [-0.15, -0.1) is 0 Å². The van der Waals surface area contributed by atoms with E-state index in [0.29, 0.717) is 11.4 Å². The molecule has 0 bridgehead atoms. The molecule has 4 nitrogen and oxygen atoms in total. The average Bonchev–Trinajstić information content (AvgIpc) is 2.92. The molecule has 0 aliphatic heterocycles. The molecule has 22 heavy (non-hydrogen) atoms. The highest BCUT2D eigenvalue weighted by molar-refractivity contribution is 5.85. The van der Waals surface area contributed by atoms with Crippen molar-refractivity contribution >= 4 is 5.78 Å². The van der Waals surface area contributed by atoms with Crippen LogP contribution in [0.3, 0.4) is 0 Å². The molecule has 1 aromatic carbocycles. The standard InChI is InChI=1S/C17H21FN2O2/c1-11(2)16(21)17(12(3)4)22-13-9-19-20(10-13)15-8-6-5-7-14(15)18/h5-12,17H,1-4H3. The van der Waals surface area contributed by atoms with Crippen LogP contribution in [0.15, 0.2) is 36.7 Å². The topological polar surface area (TPSA) is 44.1 Å². The third kappa shape index (κ3) is 3.53. The molecule has 1 unspecified atom stereocenters. The van der Waals surface area contributed by atoms with Crippen LogP contribution >= 0.6 is 0 Å². The fourth-order valence-electron chi connectivity index (χ4n) is 2.13. The zero-order valence-electron chi connectivity index (χ0n) is 13.3. The second kappa shape index (κ2) is 6.73. The SMILES string of the molecule is CC(C)C(=O)C(Oc1cnn(-c2ccccc2F)c1)C(C)C. The molecule has 1 heterocycles. The molecule has 0 saturated heterocycles. The van der Waals surface area contributed by atoms with Gasteiger partial charge in [0, 0.05) is 5.92 Å². The van der Waals surface area contributed by atoms with Gasteiger partial charge in [0.1, 0.15) is 11.5 Å². The van der Waals surface area contributed by atoms with Crippen molar-refractivity contribution in [1.29, 1.82) is 0 Å². The monoisotopic (exact) mass is 304 g/mol. The lowest BCUT2D eigenvalue weighted by molar-refractivity contribution is -0.130. The number of halogens is 1. The number of ketones is 1. The molecule has 0 N–H and O–H groups in total. The van der Waals surface area contributed by atoms with Crippen LogP contribution < -0.4 is 4.74 Å². The van der Waals surface area contributed by atoms with Crippen LogP contribution in [-0.4, -0.2) is 21.7 Å². The summed E-state index contributed by atoms with van der Waals surface area (Å²) in [7, 11) is 0. The Morgan fingerprint density at radius 1 is 1.23 bits per heavy atom.